The van der Waals surface area contributed by atoms with Gasteiger partial charge in [0, 0.05) is 29.2 Å². The summed E-state index contributed by atoms with van der Waals surface area (Å²) in [5, 5.41) is 3.60. The van der Waals surface area contributed by atoms with E-state index in [2.05, 4.69) is 22.4 Å². The molecule has 1 aromatic heterocycles. The van der Waals surface area contributed by atoms with Gasteiger partial charge in [0.25, 0.3) is 5.91 Å². The molecule has 4 heteroatoms. The number of aromatic amines is 1. The third kappa shape index (κ3) is 3.58. The molecule has 1 aliphatic carbocycles. The molecule has 0 aliphatic heterocycles. The third-order valence-corrected chi connectivity index (χ3v) is 4.80. The standard InChI is InChI=1S/C19H25N3O/c1-13-16(19(20)23)11-18(22-13)15-9-5-6-10-17(15)21-12-14-7-3-2-4-8-14/h5-6,9-11,14,21-22H,2-4,7-8,12H2,1H3,(H2,20,23). The van der Waals surface area contributed by atoms with Gasteiger partial charge in [-0.05, 0) is 37.8 Å². The molecule has 3 rings (SSSR count). The number of anilines is 1. The zero-order chi connectivity index (χ0) is 16.2. The van der Waals surface area contributed by atoms with Crippen LogP contribution >= 0.6 is 0 Å². The van der Waals surface area contributed by atoms with Crippen LogP contribution in [0.15, 0.2) is 30.3 Å². The highest BCUT2D eigenvalue weighted by Gasteiger charge is 2.15. The van der Waals surface area contributed by atoms with E-state index >= 15 is 0 Å². The Morgan fingerprint density at radius 2 is 2.00 bits per heavy atom. The van der Waals surface area contributed by atoms with Gasteiger partial charge < -0.3 is 16.0 Å². The molecule has 1 saturated carbocycles. The number of H-pyrrole nitrogens is 1. The molecule has 0 saturated heterocycles. The Hall–Kier alpha value is -2.23. The number of benzene rings is 1. The van der Waals surface area contributed by atoms with Crippen LogP contribution in [0.3, 0.4) is 0 Å². The lowest BCUT2D eigenvalue weighted by molar-refractivity contribution is 0.1000. The van der Waals surface area contributed by atoms with Crippen LogP contribution in [0.1, 0.15) is 48.2 Å². The van der Waals surface area contributed by atoms with Gasteiger partial charge in [0.15, 0.2) is 0 Å². The van der Waals surface area contributed by atoms with E-state index in [0.29, 0.717) is 5.56 Å². The Bertz CT molecular complexity index is 684. The number of rotatable bonds is 5. The molecule has 2 aromatic rings. The molecule has 1 aromatic carbocycles. The first-order chi connectivity index (χ1) is 11.1. The lowest BCUT2D eigenvalue weighted by atomic mass is 9.89. The van der Waals surface area contributed by atoms with E-state index in [1.165, 1.54) is 32.1 Å². The molecule has 23 heavy (non-hydrogen) atoms. The highest BCUT2D eigenvalue weighted by molar-refractivity contribution is 5.96. The Kier molecular flexibility index (Phi) is 4.70. The van der Waals surface area contributed by atoms with Gasteiger partial charge in [-0.2, -0.15) is 0 Å². The smallest absolute Gasteiger partial charge is 0.250 e. The number of hydrogen-bond acceptors (Lipinski definition) is 2. The zero-order valence-corrected chi connectivity index (χ0v) is 13.7. The van der Waals surface area contributed by atoms with Gasteiger partial charge in [-0.1, -0.05) is 37.5 Å². The van der Waals surface area contributed by atoms with E-state index in [-0.39, 0.29) is 0 Å². The molecule has 122 valence electrons. The van der Waals surface area contributed by atoms with Crippen molar-refractivity contribution in [1.29, 1.82) is 0 Å². The van der Waals surface area contributed by atoms with Crippen LogP contribution in [0.2, 0.25) is 0 Å². The first-order valence-corrected chi connectivity index (χ1v) is 8.48. The molecule has 1 amide bonds. The van der Waals surface area contributed by atoms with E-state index in [1.54, 1.807) is 0 Å². The molecule has 0 spiro atoms. The Balaban J connectivity index is 1.80. The summed E-state index contributed by atoms with van der Waals surface area (Å²) in [5.74, 6) is 0.376. The molecule has 1 aliphatic rings. The van der Waals surface area contributed by atoms with Crippen molar-refractivity contribution in [3.05, 3.63) is 41.6 Å². The van der Waals surface area contributed by atoms with E-state index in [4.69, 9.17) is 5.73 Å². The second-order valence-electron chi connectivity index (χ2n) is 6.52. The van der Waals surface area contributed by atoms with Crippen LogP contribution < -0.4 is 11.1 Å². The first-order valence-electron chi connectivity index (χ1n) is 8.48. The lowest BCUT2D eigenvalue weighted by Gasteiger charge is -2.23. The largest absolute Gasteiger partial charge is 0.384 e. The van der Waals surface area contributed by atoms with E-state index in [0.717, 1.165) is 35.1 Å². The van der Waals surface area contributed by atoms with Gasteiger partial charge in [-0.15, -0.1) is 0 Å². The fourth-order valence-electron chi connectivity index (χ4n) is 3.48. The second-order valence-corrected chi connectivity index (χ2v) is 6.52. The fraction of sp³-hybridized carbons (Fsp3) is 0.421. The van der Waals surface area contributed by atoms with Crippen molar-refractivity contribution < 1.29 is 4.79 Å². The van der Waals surface area contributed by atoms with Crippen molar-refractivity contribution in [2.24, 2.45) is 11.7 Å². The van der Waals surface area contributed by atoms with E-state index in [9.17, 15) is 4.79 Å². The lowest BCUT2D eigenvalue weighted by Crippen LogP contribution is -2.17. The number of aromatic nitrogens is 1. The number of primary amides is 1. The summed E-state index contributed by atoms with van der Waals surface area (Å²) in [6.45, 7) is 2.89. The van der Waals surface area contributed by atoms with Crippen LogP contribution in [-0.2, 0) is 0 Å². The Labute approximate surface area is 137 Å². The number of carbonyl (C=O) groups is 1. The average Bonchev–Trinajstić information content (AvgIpc) is 2.96. The molecule has 1 fully saturated rings. The van der Waals surface area contributed by atoms with Gasteiger partial charge in [0.1, 0.15) is 0 Å². The number of hydrogen-bond donors (Lipinski definition) is 3. The highest BCUT2D eigenvalue weighted by Crippen LogP contribution is 2.30. The van der Waals surface area contributed by atoms with Gasteiger partial charge in [-0.3, -0.25) is 4.79 Å². The summed E-state index contributed by atoms with van der Waals surface area (Å²) < 4.78 is 0. The van der Waals surface area contributed by atoms with Gasteiger partial charge in [-0.25, -0.2) is 0 Å². The van der Waals surface area contributed by atoms with Gasteiger partial charge in [0.05, 0.1) is 5.56 Å². The number of nitrogens with one attached hydrogen (secondary N) is 2. The predicted molar refractivity (Wildman–Crippen MR) is 94.5 cm³/mol. The first kappa shape index (κ1) is 15.7. The molecule has 1 heterocycles. The number of nitrogens with two attached hydrogens (primary N) is 1. The Morgan fingerprint density at radius 1 is 1.26 bits per heavy atom. The molecule has 0 bridgehead atoms. The average molecular weight is 311 g/mol. The van der Waals surface area contributed by atoms with Crippen molar-refractivity contribution in [2.45, 2.75) is 39.0 Å². The molecule has 0 atom stereocenters. The quantitative estimate of drug-likeness (QED) is 0.778. The van der Waals surface area contributed by atoms with E-state index < -0.39 is 5.91 Å². The van der Waals surface area contributed by atoms with Crippen LogP contribution in [0, 0.1) is 12.8 Å². The van der Waals surface area contributed by atoms with Crippen LogP contribution in [0.25, 0.3) is 11.3 Å². The third-order valence-electron chi connectivity index (χ3n) is 4.80. The van der Waals surface area contributed by atoms with Crippen LogP contribution in [0.4, 0.5) is 5.69 Å². The minimum absolute atomic E-state index is 0.391. The summed E-state index contributed by atoms with van der Waals surface area (Å²) in [4.78, 5) is 14.7. The summed E-state index contributed by atoms with van der Waals surface area (Å²) >= 11 is 0. The number of aryl methyl sites for hydroxylation is 1. The summed E-state index contributed by atoms with van der Waals surface area (Å²) in [6, 6.07) is 10.1. The monoisotopic (exact) mass is 311 g/mol. The minimum Gasteiger partial charge on any atom is -0.384 e. The number of carbonyl (C=O) groups excluding carboxylic acids is 1. The normalized spacial score (nSPS) is 15.5. The minimum atomic E-state index is -0.391. The predicted octanol–water partition coefficient (Wildman–Crippen LogP) is 4.08. The fourth-order valence-corrected chi connectivity index (χ4v) is 3.48. The van der Waals surface area contributed by atoms with Crippen molar-refractivity contribution in [1.82, 2.24) is 4.98 Å². The maximum absolute atomic E-state index is 11.5. The maximum atomic E-state index is 11.5. The zero-order valence-electron chi connectivity index (χ0n) is 13.7. The molecular formula is C19H25N3O. The maximum Gasteiger partial charge on any atom is 0.250 e. The number of amides is 1. The molecule has 0 radical (unpaired) electrons. The summed E-state index contributed by atoms with van der Waals surface area (Å²) in [5.41, 5.74) is 9.92. The molecular weight excluding hydrogens is 286 g/mol. The van der Waals surface area contributed by atoms with Crippen LogP contribution in [0.5, 0.6) is 0 Å². The van der Waals surface area contributed by atoms with Crippen molar-refractivity contribution in [3.8, 4) is 11.3 Å². The molecule has 4 nitrogen and oxygen atoms in total. The SMILES string of the molecule is Cc1[nH]c(-c2ccccc2NCC2CCCCC2)cc1C(N)=O. The Morgan fingerprint density at radius 3 is 2.70 bits per heavy atom. The topological polar surface area (TPSA) is 70.9 Å². The summed E-state index contributed by atoms with van der Waals surface area (Å²) in [6.07, 6.45) is 6.73. The van der Waals surface area contributed by atoms with Crippen molar-refractivity contribution in [3.63, 3.8) is 0 Å². The number of para-hydroxylation sites is 1. The van der Waals surface area contributed by atoms with Gasteiger partial charge in [0.2, 0.25) is 0 Å². The van der Waals surface area contributed by atoms with Crippen molar-refractivity contribution in [2.75, 3.05) is 11.9 Å². The van der Waals surface area contributed by atoms with Gasteiger partial charge >= 0.3 is 0 Å². The van der Waals surface area contributed by atoms with E-state index in [1.807, 2.05) is 25.1 Å². The summed E-state index contributed by atoms with van der Waals surface area (Å²) in [7, 11) is 0. The second kappa shape index (κ2) is 6.90. The van der Waals surface area contributed by atoms with Crippen LogP contribution in [-0.4, -0.2) is 17.4 Å². The molecule has 0 unspecified atom stereocenters. The molecule has 4 N–H and O–H groups in total. The highest BCUT2D eigenvalue weighted by atomic mass is 16.1. The van der Waals surface area contributed by atoms with Crippen molar-refractivity contribution >= 4 is 11.6 Å².